The molecule has 0 unspecified atom stereocenters. The Labute approximate surface area is 148 Å². The van der Waals surface area contributed by atoms with Crippen molar-refractivity contribution in [2.24, 2.45) is 10.9 Å². The maximum Gasteiger partial charge on any atom is 0.146 e. The summed E-state index contributed by atoms with van der Waals surface area (Å²) < 4.78 is 5.49. The van der Waals surface area contributed by atoms with Crippen molar-refractivity contribution in [3.05, 3.63) is 53.0 Å². The van der Waals surface area contributed by atoms with Crippen molar-refractivity contribution >= 4 is 5.71 Å². The normalized spacial score (nSPS) is 21.0. The van der Waals surface area contributed by atoms with Gasteiger partial charge in [-0.3, -0.25) is 5.01 Å². The molecule has 1 aromatic rings. The van der Waals surface area contributed by atoms with Crippen molar-refractivity contribution in [1.29, 1.82) is 5.26 Å². The molecule has 3 aliphatic rings. The third-order valence-electron chi connectivity index (χ3n) is 5.24. The molecule has 0 bridgehead atoms. The van der Waals surface area contributed by atoms with E-state index in [2.05, 4.69) is 42.1 Å². The molecule has 0 amide bonds. The molecule has 128 valence electrons. The van der Waals surface area contributed by atoms with Gasteiger partial charge in [0.1, 0.15) is 17.6 Å². The fourth-order valence-corrected chi connectivity index (χ4v) is 3.72. The zero-order valence-corrected chi connectivity index (χ0v) is 14.9. The number of hydrazine groups is 1. The number of hydrogen-bond donors (Lipinski definition) is 0. The monoisotopic (exact) mass is 334 g/mol. The van der Waals surface area contributed by atoms with Crippen LogP contribution in [0.25, 0.3) is 0 Å². The van der Waals surface area contributed by atoms with Crippen LogP contribution in [-0.2, 0) is 0 Å². The number of methoxy groups -OCH3 is 1. The molecule has 25 heavy (non-hydrogen) atoms. The van der Waals surface area contributed by atoms with Gasteiger partial charge in [0, 0.05) is 23.8 Å². The molecule has 2 heterocycles. The van der Waals surface area contributed by atoms with Gasteiger partial charge in [0.25, 0.3) is 0 Å². The van der Waals surface area contributed by atoms with Gasteiger partial charge >= 0.3 is 0 Å². The quantitative estimate of drug-likeness (QED) is 0.846. The molecule has 5 heteroatoms. The number of ether oxygens (including phenoxy) is 1. The summed E-state index contributed by atoms with van der Waals surface area (Å²) in [6.07, 6.45) is 6.91. The highest BCUT2D eigenvalue weighted by Gasteiger charge is 2.38. The summed E-state index contributed by atoms with van der Waals surface area (Å²) in [5.41, 5.74) is 3.37. The molecule has 1 atom stereocenters. The fraction of sp³-hybridized carbons (Fsp3) is 0.400. The van der Waals surface area contributed by atoms with Crippen LogP contribution < -0.4 is 4.74 Å². The molecular formula is C20H22N4O. The number of allylic oxidation sites excluding steroid dienone is 2. The smallest absolute Gasteiger partial charge is 0.146 e. The van der Waals surface area contributed by atoms with Gasteiger partial charge in [0.2, 0.25) is 0 Å². The standard InChI is InChI=1S/C20H22N4O/c1-13-11-18(17-6-4-5-16(12-21)20(17)25-3)22-19-9-10-23(24(13)19)14(2)15-7-8-15/h4-6,9,11,14-15H,7-8,10H2,1-3H3/t14-/m0/s1. The topological polar surface area (TPSA) is 51.9 Å². The first-order chi connectivity index (χ1) is 12.1. The molecule has 1 aromatic carbocycles. The number of nitriles is 1. The van der Waals surface area contributed by atoms with Crippen LogP contribution in [0.2, 0.25) is 0 Å². The van der Waals surface area contributed by atoms with Crippen LogP contribution in [0.1, 0.15) is 37.8 Å². The van der Waals surface area contributed by atoms with Crippen LogP contribution in [-0.4, -0.2) is 35.4 Å². The van der Waals surface area contributed by atoms with Gasteiger partial charge in [-0.2, -0.15) is 5.26 Å². The van der Waals surface area contributed by atoms with Gasteiger partial charge < -0.3 is 4.74 Å². The van der Waals surface area contributed by atoms with E-state index >= 15 is 0 Å². The third-order valence-corrected chi connectivity index (χ3v) is 5.24. The van der Waals surface area contributed by atoms with Gasteiger partial charge in [0.05, 0.1) is 18.4 Å². The molecule has 0 aromatic heterocycles. The van der Waals surface area contributed by atoms with Crippen LogP contribution >= 0.6 is 0 Å². The van der Waals surface area contributed by atoms with Crippen molar-refractivity contribution in [3.63, 3.8) is 0 Å². The van der Waals surface area contributed by atoms with E-state index in [0.29, 0.717) is 17.4 Å². The van der Waals surface area contributed by atoms with Crippen molar-refractivity contribution in [3.8, 4) is 11.8 Å². The maximum atomic E-state index is 9.32. The minimum atomic E-state index is 0.528. The first-order valence-corrected chi connectivity index (χ1v) is 8.75. The summed E-state index contributed by atoms with van der Waals surface area (Å²) in [5.74, 6) is 2.35. The van der Waals surface area contributed by atoms with Crippen LogP contribution in [0.3, 0.4) is 0 Å². The highest BCUT2D eigenvalue weighted by molar-refractivity contribution is 6.12. The molecule has 1 saturated carbocycles. The summed E-state index contributed by atoms with van der Waals surface area (Å²) in [5, 5.41) is 14.0. The van der Waals surface area contributed by atoms with E-state index in [1.807, 2.05) is 12.1 Å². The zero-order chi connectivity index (χ0) is 17.6. The Balaban J connectivity index is 1.69. The second-order valence-corrected chi connectivity index (χ2v) is 6.86. The Hall–Kier alpha value is -2.58. The van der Waals surface area contributed by atoms with Gasteiger partial charge in [-0.25, -0.2) is 10.0 Å². The lowest BCUT2D eigenvalue weighted by Gasteiger charge is -2.37. The Bertz CT molecular complexity index is 842. The molecule has 0 radical (unpaired) electrons. The fourth-order valence-electron chi connectivity index (χ4n) is 3.72. The largest absolute Gasteiger partial charge is 0.495 e. The highest BCUT2D eigenvalue weighted by atomic mass is 16.5. The number of hydrogen-bond acceptors (Lipinski definition) is 5. The molecule has 0 spiro atoms. The first-order valence-electron chi connectivity index (χ1n) is 8.75. The van der Waals surface area contributed by atoms with Crippen LogP contribution in [0.5, 0.6) is 5.75 Å². The van der Waals surface area contributed by atoms with E-state index in [1.54, 1.807) is 13.2 Å². The molecule has 4 rings (SSSR count). The summed E-state index contributed by atoms with van der Waals surface area (Å²) in [6.45, 7) is 5.31. The Morgan fingerprint density at radius 2 is 2.16 bits per heavy atom. The van der Waals surface area contributed by atoms with Crippen LogP contribution in [0.15, 0.2) is 46.9 Å². The number of nitrogens with zero attached hydrogens (tertiary/aromatic N) is 4. The van der Waals surface area contributed by atoms with Gasteiger partial charge in [0.15, 0.2) is 0 Å². The molecule has 1 aliphatic carbocycles. The number of para-hydroxylation sites is 1. The predicted molar refractivity (Wildman–Crippen MR) is 96.8 cm³/mol. The summed E-state index contributed by atoms with van der Waals surface area (Å²) in [4.78, 5) is 4.86. The van der Waals surface area contributed by atoms with Crippen LogP contribution in [0, 0.1) is 17.2 Å². The average molecular weight is 334 g/mol. The van der Waals surface area contributed by atoms with Crippen LogP contribution in [0.4, 0.5) is 0 Å². The second kappa shape index (κ2) is 6.05. The average Bonchev–Trinajstić information content (AvgIpc) is 3.39. The van der Waals surface area contributed by atoms with Gasteiger partial charge in [-0.15, -0.1) is 0 Å². The summed E-state index contributed by atoms with van der Waals surface area (Å²) in [7, 11) is 1.60. The number of benzene rings is 1. The predicted octanol–water partition coefficient (Wildman–Crippen LogP) is 3.45. The Morgan fingerprint density at radius 1 is 1.36 bits per heavy atom. The van der Waals surface area contributed by atoms with E-state index in [9.17, 15) is 5.26 Å². The van der Waals surface area contributed by atoms with Crippen molar-refractivity contribution in [1.82, 2.24) is 10.0 Å². The maximum absolute atomic E-state index is 9.32. The van der Waals surface area contributed by atoms with Gasteiger partial charge in [-0.05, 0) is 56.9 Å². The van der Waals surface area contributed by atoms with E-state index in [4.69, 9.17) is 9.73 Å². The van der Waals surface area contributed by atoms with Crippen molar-refractivity contribution in [2.45, 2.75) is 32.7 Å². The lowest BCUT2D eigenvalue weighted by molar-refractivity contribution is 0.0236. The zero-order valence-electron chi connectivity index (χ0n) is 14.9. The summed E-state index contributed by atoms with van der Waals surface area (Å²) in [6, 6.07) is 8.32. The molecular weight excluding hydrogens is 312 g/mol. The molecule has 0 saturated heterocycles. The van der Waals surface area contributed by atoms with Crippen molar-refractivity contribution in [2.75, 3.05) is 13.7 Å². The van der Waals surface area contributed by atoms with E-state index in [0.717, 1.165) is 35.3 Å². The first kappa shape index (κ1) is 15.9. The number of rotatable bonds is 4. The minimum Gasteiger partial charge on any atom is -0.495 e. The van der Waals surface area contributed by atoms with E-state index in [1.165, 1.54) is 12.8 Å². The molecule has 1 fully saturated rings. The van der Waals surface area contributed by atoms with E-state index < -0.39 is 0 Å². The molecule has 2 aliphatic heterocycles. The van der Waals surface area contributed by atoms with Crippen molar-refractivity contribution < 1.29 is 4.74 Å². The minimum absolute atomic E-state index is 0.528. The third kappa shape index (κ3) is 2.63. The Kier molecular flexibility index (Phi) is 3.85. The molecule has 0 N–H and O–H groups in total. The van der Waals surface area contributed by atoms with Gasteiger partial charge in [-0.1, -0.05) is 6.07 Å². The Morgan fingerprint density at radius 3 is 2.84 bits per heavy atom. The SMILES string of the molecule is COc1c(C#N)cccc1C1=NC2=CCN([C@@H](C)C3CC3)N2C(C)=C1. The lowest BCUT2D eigenvalue weighted by Crippen LogP contribution is -2.44. The number of fused-ring (bicyclic) bond motifs is 1. The second-order valence-electron chi connectivity index (χ2n) is 6.86. The summed E-state index contributed by atoms with van der Waals surface area (Å²) >= 11 is 0. The number of aliphatic imine (C=N–C) groups is 1. The molecule has 5 nitrogen and oxygen atoms in total. The highest BCUT2D eigenvalue weighted by Crippen LogP contribution is 2.39. The van der Waals surface area contributed by atoms with E-state index in [-0.39, 0.29) is 0 Å². The lowest BCUT2D eigenvalue weighted by atomic mass is 10.0.